The van der Waals surface area contributed by atoms with Gasteiger partial charge in [-0.15, -0.1) is 0 Å². The van der Waals surface area contributed by atoms with Crippen LogP contribution in [-0.4, -0.2) is 11.1 Å². The summed E-state index contributed by atoms with van der Waals surface area (Å²) in [4.78, 5) is 0. The minimum absolute atomic E-state index is 0.0170. The molecule has 1 aliphatic rings. The third-order valence-electron chi connectivity index (χ3n) is 2.61. The summed E-state index contributed by atoms with van der Waals surface area (Å²) in [6.07, 6.45) is 1.11. The molecule has 0 saturated heterocycles. The summed E-state index contributed by atoms with van der Waals surface area (Å²) in [6.45, 7) is 0. The maximum atomic E-state index is 13.1. The molecular weight excluding hydrogens is 190 g/mol. The van der Waals surface area contributed by atoms with Gasteiger partial charge in [-0.1, -0.05) is 5.16 Å². The first-order chi connectivity index (χ1) is 6.57. The van der Waals surface area contributed by atoms with Gasteiger partial charge in [-0.3, -0.25) is 0 Å². The molecule has 1 unspecified atom stereocenters. The highest BCUT2D eigenvalue weighted by molar-refractivity contribution is 5.26. The normalized spacial score (nSPS) is 26.3. The Morgan fingerprint density at radius 2 is 2.36 bits per heavy atom. The molecule has 0 spiro atoms. The highest BCUT2D eigenvalue weighted by atomic mass is 19.3. The van der Waals surface area contributed by atoms with E-state index in [1.54, 1.807) is 0 Å². The number of hydrogen-bond acceptors (Lipinski definition) is 3. The van der Waals surface area contributed by atoms with Gasteiger partial charge in [0, 0.05) is 24.8 Å². The van der Waals surface area contributed by atoms with Crippen molar-refractivity contribution in [2.45, 2.75) is 37.5 Å². The van der Waals surface area contributed by atoms with Crippen LogP contribution in [0.1, 0.15) is 37.3 Å². The van der Waals surface area contributed by atoms with Gasteiger partial charge in [0.05, 0.1) is 5.69 Å². The van der Waals surface area contributed by atoms with Gasteiger partial charge in [0.25, 0.3) is 0 Å². The molecule has 1 saturated carbocycles. The molecule has 14 heavy (non-hydrogen) atoms. The summed E-state index contributed by atoms with van der Waals surface area (Å²) in [5, 5.41) is 3.67. The summed E-state index contributed by atoms with van der Waals surface area (Å²) in [7, 11) is 0. The fourth-order valence-corrected chi connectivity index (χ4v) is 1.92. The topological polar surface area (TPSA) is 52.0 Å². The third-order valence-corrected chi connectivity index (χ3v) is 2.61. The molecule has 2 N–H and O–H groups in total. The third kappa shape index (κ3) is 1.86. The van der Waals surface area contributed by atoms with Crippen molar-refractivity contribution in [2.24, 2.45) is 0 Å². The first kappa shape index (κ1) is 9.43. The average Bonchev–Trinajstić information content (AvgIpc) is 2.50. The first-order valence-electron chi connectivity index (χ1n) is 4.67. The fraction of sp³-hybridized carbons (Fsp3) is 0.667. The Bertz CT molecular complexity index is 324. The van der Waals surface area contributed by atoms with Crippen molar-refractivity contribution in [3.63, 3.8) is 0 Å². The maximum absolute atomic E-state index is 13.1. The zero-order valence-corrected chi connectivity index (χ0v) is 7.67. The Hall–Kier alpha value is -1.13. The highest BCUT2D eigenvalue weighted by Gasteiger charge is 2.37. The SMILES string of the molecule is Nc1cc(C2CCCC(F)(F)C2)no1. The van der Waals surface area contributed by atoms with Crippen molar-refractivity contribution in [3.8, 4) is 0 Å². The van der Waals surface area contributed by atoms with Gasteiger partial charge in [-0.25, -0.2) is 8.78 Å². The summed E-state index contributed by atoms with van der Waals surface area (Å²) in [6, 6.07) is 1.53. The zero-order valence-electron chi connectivity index (χ0n) is 7.67. The van der Waals surface area contributed by atoms with Crippen molar-refractivity contribution < 1.29 is 13.3 Å². The Labute approximate surface area is 80.3 Å². The van der Waals surface area contributed by atoms with Gasteiger partial charge < -0.3 is 10.3 Å². The van der Waals surface area contributed by atoms with E-state index in [4.69, 9.17) is 5.73 Å². The predicted octanol–water partition coefficient (Wildman–Crippen LogP) is 2.55. The van der Waals surface area contributed by atoms with E-state index < -0.39 is 5.92 Å². The second-order valence-corrected chi connectivity index (χ2v) is 3.80. The Morgan fingerprint density at radius 1 is 1.57 bits per heavy atom. The van der Waals surface area contributed by atoms with Gasteiger partial charge in [-0.2, -0.15) is 0 Å². The Kier molecular flexibility index (Phi) is 2.17. The van der Waals surface area contributed by atoms with Crippen LogP contribution in [0.25, 0.3) is 0 Å². The van der Waals surface area contributed by atoms with E-state index in [1.807, 2.05) is 0 Å². The van der Waals surface area contributed by atoms with E-state index in [-0.39, 0.29) is 24.6 Å². The predicted molar refractivity (Wildman–Crippen MR) is 47.1 cm³/mol. The van der Waals surface area contributed by atoms with Gasteiger partial charge in [0.15, 0.2) is 0 Å². The lowest BCUT2D eigenvalue weighted by Gasteiger charge is -2.27. The molecule has 1 aliphatic carbocycles. The number of rotatable bonds is 1. The molecular formula is C9H12F2N2O. The molecule has 1 fully saturated rings. The van der Waals surface area contributed by atoms with Crippen molar-refractivity contribution in [1.29, 1.82) is 0 Å². The number of halogens is 2. The van der Waals surface area contributed by atoms with Crippen LogP contribution in [-0.2, 0) is 0 Å². The molecule has 1 aromatic rings. The monoisotopic (exact) mass is 202 g/mol. The molecule has 0 bridgehead atoms. The number of aromatic nitrogens is 1. The maximum Gasteiger partial charge on any atom is 0.248 e. The second-order valence-electron chi connectivity index (χ2n) is 3.80. The van der Waals surface area contributed by atoms with E-state index in [9.17, 15) is 8.78 Å². The molecule has 0 amide bonds. The molecule has 3 nitrogen and oxygen atoms in total. The molecule has 0 aromatic carbocycles. The summed E-state index contributed by atoms with van der Waals surface area (Å²) >= 11 is 0. The standard InChI is InChI=1S/C9H12F2N2O/c10-9(11)3-1-2-6(5-9)7-4-8(12)14-13-7/h4,6H,1-3,5,12H2. The number of anilines is 1. The Morgan fingerprint density at radius 3 is 2.93 bits per heavy atom. The van der Waals surface area contributed by atoms with Crippen molar-refractivity contribution in [3.05, 3.63) is 11.8 Å². The van der Waals surface area contributed by atoms with E-state index in [0.717, 1.165) is 6.42 Å². The van der Waals surface area contributed by atoms with E-state index in [0.29, 0.717) is 12.1 Å². The number of alkyl halides is 2. The lowest BCUT2D eigenvalue weighted by atomic mass is 9.84. The first-order valence-corrected chi connectivity index (χ1v) is 4.67. The lowest BCUT2D eigenvalue weighted by Crippen LogP contribution is -2.25. The minimum atomic E-state index is -2.56. The number of nitrogens with two attached hydrogens (primary N) is 1. The van der Waals surface area contributed by atoms with E-state index in [2.05, 4.69) is 9.68 Å². The van der Waals surface area contributed by atoms with Gasteiger partial charge in [-0.05, 0) is 12.8 Å². The molecule has 78 valence electrons. The van der Waals surface area contributed by atoms with Crippen LogP contribution in [0, 0.1) is 0 Å². The molecule has 5 heteroatoms. The van der Waals surface area contributed by atoms with Crippen molar-refractivity contribution >= 4 is 5.88 Å². The minimum Gasteiger partial charge on any atom is -0.368 e. The van der Waals surface area contributed by atoms with E-state index >= 15 is 0 Å². The van der Waals surface area contributed by atoms with Crippen LogP contribution < -0.4 is 5.73 Å². The zero-order chi connectivity index (χ0) is 10.2. The van der Waals surface area contributed by atoms with Gasteiger partial charge >= 0.3 is 0 Å². The van der Waals surface area contributed by atoms with Crippen LogP contribution in [0.5, 0.6) is 0 Å². The van der Waals surface area contributed by atoms with Crippen LogP contribution in [0.3, 0.4) is 0 Å². The van der Waals surface area contributed by atoms with Crippen molar-refractivity contribution in [1.82, 2.24) is 5.16 Å². The van der Waals surface area contributed by atoms with Crippen LogP contribution >= 0.6 is 0 Å². The molecule has 0 aliphatic heterocycles. The lowest BCUT2D eigenvalue weighted by molar-refractivity contribution is -0.0414. The highest BCUT2D eigenvalue weighted by Crippen LogP contribution is 2.41. The molecule has 2 rings (SSSR count). The van der Waals surface area contributed by atoms with Crippen LogP contribution in [0.4, 0.5) is 14.7 Å². The fourth-order valence-electron chi connectivity index (χ4n) is 1.92. The van der Waals surface area contributed by atoms with E-state index in [1.165, 1.54) is 6.07 Å². The number of nitrogen functional groups attached to an aromatic ring is 1. The molecule has 1 atom stereocenters. The Balaban J connectivity index is 2.12. The molecule has 0 radical (unpaired) electrons. The summed E-state index contributed by atoms with van der Waals surface area (Å²) in [5.74, 6) is -2.58. The number of nitrogens with zero attached hydrogens (tertiary/aromatic N) is 1. The number of hydrogen-bond donors (Lipinski definition) is 1. The van der Waals surface area contributed by atoms with Crippen LogP contribution in [0.2, 0.25) is 0 Å². The quantitative estimate of drug-likeness (QED) is 0.761. The smallest absolute Gasteiger partial charge is 0.248 e. The average molecular weight is 202 g/mol. The second kappa shape index (κ2) is 3.22. The van der Waals surface area contributed by atoms with Crippen LogP contribution in [0.15, 0.2) is 10.6 Å². The van der Waals surface area contributed by atoms with Gasteiger partial charge in [0.1, 0.15) is 0 Å². The molecule has 1 heterocycles. The summed E-state index contributed by atoms with van der Waals surface area (Å²) < 4.78 is 30.8. The van der Waals surface area contributed by atoms with Crippen molar-refractivity contribution in [2.75, 3.05) is 5.73 Å². The summed E-state index contributed by atoms with van der Waals surface area (Å²) in [5.41, 5.74) is 5.89. The largest absolute Gasteiger partial charge is 0.368 e. The molecule has 1 aromatic heterocycles. The van der Waals surface area contributed by atoms with Gasteiger partial charge in [0.2, 0.25) is 11.8 Å².